The van der Waals surface area contributed by atoms with Gasteiger partial charge in [-0.2, -0.15) is 0 Å². The van der Waals surface area contributed by atoms with E-state index in [1.165, 1.54) is 0 Å². The highest BCUT2D eigenvalue weighted by molar-refractivity contribution is 5.93. The Bertz CT molecular complexity index is 695. The number of benzene rings is 1. The molecular weight excluding hydrogens is 374 g/mol. The summed E-state index contributed by atoms with van der Waals surface area (Å²) in [6.45, 7) is 0.460. The van der Waals surface area contributed by atoms with Crippen LogP contribution in [0.25, 0.3) is 0 Å². The van der Waals surface area contributed by atoms with Crippen molar-refractivity contribution in [3.8, 4) is 0 Å². The number of rotatable bonds is 14. The molecule has 0 heterocycles. The lowest BCUT2D eigenvalue weighted by atomic mass is 9.90. The van der Waals surface area contributed by atoms with Crippen molar-refractivity contribution in [3.63, 3.8) is 0 Å². The maximum atomic E-state index is 12.7. The third-order valence-electron chi connectivity index (χ3n) is 4.60. The molecule has 3 amide bonds. The highest BCUT2D eigenvalue weighted by Gasteiger charge is 2.28. The van der Waals surface area contributed by atoms with Crippen LogP contribution >= 0.6 is 0 Å². The van der Waals surface area contributed by atoms with Gasteiger partial charge in [0, 0.05) is 12.3 Å². The zero-order chi connectivity index (χ0) is 21.8. The van der Waals surface area contributed by atoms with E-state index in [1.807, 2.05) is 30.3 Å². The predicted molar refractivity (Wildman–Crippen MR) is 109 cm³/mol. The molecule has 0 unspecified atom stereocenters. The fraction of sp³-hybridized carbons (Fsp3) is 0.500. The van der Waals surface area contributed by atoms with Gasteiger partial charge in [0.2, 0.25) is 17.7 Å². The average molecular weight is 405 g/mol. The van der Waals surface area contributed by atoms with E-state index in [2.05, 4.69) is 5.32 Å². The Morgan fingerprint density at radius 2 is 1.62 bits per heavy atom. The van der Waals surface area contributed by atoms with Crippen molar-refractivity contribution in [1.82, 2.24) is 5.32 Å². The Morgan fingerprint density at radius 3 is 2.17 bits per heavy atom. The second kappa shape index (κ2) is 12.6. The molecule has 9 N–H and O–H groups in total. The van der Waals surface area contributed by atoms with Gasteiger partial charge in [0.15, 0.2) is 5.78 Å². The Kier molecular flexibility index (Phi) is 10.6. The molecule has 0 saturated heterocycles. The highest BCUT2D eigenvalue weighted by atomic mass is 16.2. The molecule has 0 fully saturated rings. The van der Waals surface area contributed by atoms with Crippen molar-refractivity contribution in [2.45, 2.75) is 50.6 Å². The summed E-state index contributed by atoms with van der Waals surface area (Å²) in [5, 5.41) is 2.43. The van der Waals surface area contributed by atoms with Crippen LogP contribution in [0.15, 0.2) is 30.3 Å². The van der Waals surface area contributed by atoms with Crippen molar-refractivity contribution in [3.05, 3.63) is 35.9 Å². The quantitative estimate of drug-likeness (QED) is 0.250. The highest BCUT2D eigenvalue weighted by Crippen LogP contribution is 2.16. The Balaban J connectivity index is 2.78. The fourth-order valence-electron chi connectivity index (χ4n) is 2.95. The Morgan fingerprint density at radius 1 is 0.966 bits per heavy atom. The molecule has 0 saturated carbocycles. The third kappa shape index (κ3) is 9.31. The SMILES string of the molecule is NCCCC[C@H](CC(=O)[C@@H](N)Cc1ccccc1)C(=O)N[C@@H](CC(N)=O)C(N)=O. The van der Waals surface area contributed by atoms with Gasteiger partial charge in [-0.05, 0) is 31.4 Å². The monoisotopic (exact) mass is 405 g/mol. The first-order chi connectivity index (χ1) is 13.7. The van der Waals surface area contributed by atoms with Gasteiger partial charge in [0.1, 0.15) is 6.04 Å². The number of ketones is 1. The number of hydrogen-bond donors (Lipinski definition) is 5. The summed E-state index contributed by atoms with van der Waals surface area (Å²) in [7, 11) is 0. The van der Waals surface area contributed by atoms with Crippen molar-refractivity contribution in [2.75, 3.05) is 6.54 Å². The number of Topliss-reactive ketones (excluding diaryl/α,β-unsaturated/α-hetero) is 1. The maximum Gasteiger partial charge on any atom is 0.240 e. The molecule has 0 radical (unpaired) electrons. The van der Waals surface area contributed by atoms with Gasteiger partial charge in [-0.25, -0.2) is 0 Å². The van der Waals surface area contributed by atoms with E-state index in [0.717, 1.165) is 5.56 Å². The minimum atomic E-state index is -1.22. The minimum absolute atomic E-state index is 0.0769. The number of unbranched alkanes of at least 4 members (excludes halogenated alkanes) is 1. The van der Waals surface area contributed by atoms with Crippen molar-refractivity contribution in [1.29, 1.82) is 0 Å². The lowest BCUT2D eigenvalue weighted by Gasteiger charge is -2.21. The van der Waals surface area contributed by atoms with Crippen LogP contribution in [0.1, 0.15) is 37.7 Å². The van der Waals surface area contributed by atoms with Gasteiger partial charge in [-0.3, -0.25) is 19.2 Å². The van der Waals surface area contributed by atoms with E-state index < -0.39 is 42.1 Å². The number of nitrogens with two attached hydrogens (primary N) is 4. The van der Waals surface area contributed by atoms with Crippen molar-refractivity contribution >= 4 is 23.5 Å². The second-order valence-corrected chi connectivity index (χ2v) is 7.08. The van der Waals surface area contributed by atoms with Gasteiger partial charge in [-0.15, -0.1) is 0 Å². The first kappa shape index (κ1) is 24.3. The summed E-state index contributed by atoms with van der Waals surface area (Å²) in [4.78, 5) is 47.8. The third-order valence-corrected chi connectivity index (χ3v) is 4.60. The fourth-order valence-corrected chi connectivity index (χ4v) is 2.95. The molecule has 9 nitrogen and oxygen atoms in total. The number of hydrogen-bond acceptors (Lipinski definition) is 6. The van der Waals surface area contributed by atoms with E-state index >= 15 is 0 Å². The van der Waals surface area contributed by atoms with Gasteiger partial charge >= 0.3 is 0 Å². The molecule has 0 aromatic heterocycles. The van der Waals surface area contributed by atoms with Crippen LogP contribution in [0.2, 0.25) is 0 Å². The molecule has 1 aromatic carbocycles. The van der Waals surface area contributed by atoms with E-state index in [1.54, 1.807) is 0 Å². The number of carbonyl (C=O) groups is 4. The van der Waals surface area contributed by atoms with Crippen LogP contribution in [0, 0.1) is 5.92 Å². The number of amides is 3. The summed E-state index contributed by atoms with van der Waals surface area (Å²) in [5.41, 5.74) is 22.8. The van der Waals surface area contributed by atoms with Crippen molar-refractivity contribution in [2.24, 2.45) is 28.9 Å². The summed E-state index contributed by atoms with van der Waals surface area (Å²) < 4.78 is 0. The summed E-state index contributed by atoms with van der Waals surface area (Å²) >= 11 is 0. The number of nitrogens with one attached hydrogen (secondary N) is 1. The largest absolute Gasteiger partial charge is 0.370 e. The normalized spacial score (nSPS) is 13.9. The molecule has 29 heavy (non-hydrogen) atoms. The molecule has 0 aliphatic carbocycles. The zero-order valence-electron chi connectivity index (χ0n) is 16.5. The van der Waals surface area contributed by atoms with E-state index in [4.69, 9.17) is 22.9 Å². The standard InChI is InChI=1S/C20H31N5O4/c21-9-5-4-8-14(20(29)25-16(19(24)28)12-18(23)27)11-17(26)15(22)10-13-6-2-1-3-7-13/h1-3,6-7,14-16H,4-5,8-12,21-22H2,(H2,23,27)(H2,24,28)(H,25,29)/t14-,15+,16+/m1/s1. The van der Waals surface area contributed by atoms with E-state index in [9.17, 15) is 19.2 Å². The van der Waals surface area contributed by atoms with Crippen LogP contribution in [-0.2, 0) is 25.6 Å². The summed E-state index contributed by atoms with van der Waals surface area (Å²) in [6, 6.07) is 7.37. The van der Waals surface area contributed by atoms with Gasteiger partial charge in [0.25, 0.3) is 0 Å². The van der Waals surface area contributed by atoms with Gasteiger partial charge < -0.3 is 28.3 Å². The molecule has 0 aliphatic heterocycles. The molecule has 0 aliphatic rings. The maximum absolute atomic E-state index is 12.7. The molecule has 0 bridgehead atoms. The van der Waals surface area contributed by atoms with Crippen LogP contribution in [-0.4, -0.2) is 42.1 Å². The summed E-state index contributed by atoms with van der Waals surface area (Å²) in [6.07, 6.45) is 1.60. The van der Waals surface area contributed by atoms with Crippen LogP contribution in [0.5, 0.6) is 0 Å². The van der Waals surface area contributed by atoms with Gasteiger partial charge in [-0.1, -0.05) is 36.8 Å². The lowest BCUT2D eigenvalue weighted by Crippen LogP contribution is -2.49. The molecular formula is C20H31N5O4. The lowest BCUT2D eigenvalue weighted by molar-refractivity contribution is -0.133. The first-order valence-corrected chi connectivity index (χ1v) is 9.64. The average Bonchev–Trinajstić information content (AvgIpc) is 2.66. The van der Waals surface area contributed by atoms with Crippen LogP contribution in [0.4, 0.5) is 0 Å². The van der Waals surface area contributed by atoms with E-state index in [0.29, 0.717) is 32.2 Å². The minimum Gasteiger partial charge on any atom is -0.370 e. The molecule has 160 valence electrons. The molecule has 9 heteroatoms. The number of primary amides is 2. The molecule has 1 rings (SSSR count). The second-order valence-electron chi connectivity index (χ2n) is 7.08. The molecule has 1 aromatic rings. The van der Waals surface area contributed by atoms with Crippen LogP contribution < -0.4 is 28.3 Å². The topological polar surface area (TPSA) is 184 Å². The number of carbonyl (C=O) groups excluding carboxylic acids is 4. The Labute approximate surface area is 170 Å². The van der Waals surface area contributed by atoms with E-state index in [-0.39, 0.29) is 12.2 Å². The van der Waals surface area contributed by atoms with Crippen LogP contribution in [0.3, 0.4) is 0 Å². The first-order valence-electron chi connectivity index (χ1n) is 9.64. The van der Waals surface area contributed by atoms with Gasteiger partial charge in [0.05, 0.1) is 12.5 Å². The predicted octanol–water partition coefficient (Wildman–Crippen LogP) is -0.894. The Hall–Kier alpha value is -2.78. The smallest absolute Gasteiger partial charge is 0.240 e. The molecule has 3 atom stereocenters. The zero-order valence-corrected chi connectivity index (χ0v) is 16.5. The van der Waals surface area contributed by atoms with Crippen molar-refractivity contribution < 1.29 is 19.2 Å². The molecule has 0 spiro atoms. The summed E-state index contributed by atoms with van der Waals surface area (Å²) in [5.74, 6) is -3.13.